The number of hydrogen-bond donors (Lipinski definition) is 5. The number of pyridine rings is 1. The number of carbonyl (C=O) groups excluding carboxylic acids is 3. The lowest BCUT2D eigenvalue weighted by atomic mass is 9.68. The van der Waals surface area contributed by atoms with Crippen molar-refractivity contribution in [1.82, 2.24) is 20.5 Å². The Morgan fingerprint density at radius 3 is 2.44 bits per heavy atom. The van der Waals surface area contributed by atoms with E-state index in [0.717, 1.165) is 32.1 Å². The van der Waals surface area contributed by atoms with Crippen molar-refractivity contribution < 1.29 is 29.0 Å². The molecule has 1 aliphatic carbocycles. The van der Waals surface area contributed by atoms with Crippen molar-refractivity contribution in [2.24, 2.45) is 17.6 Å². The van der Waals surface area contributed by atoms with Crippen LogP contribution in [0.25, 0.3) is 0 Å². The molecule has 0 bridgehead atoms. The molecule has 3 rings (SSSR count). The number of amidine groups is 1. The smallest absolute Gasteiger partial charge is 0.413 e. The van der Waals surface area contributed by atoms with Gasteiger partial charge in [0.25, 0.3) is 0 Å². The summed E-state index contributed by atoms with van der Waals surface area (Å²) in [7, 11) is 0. The van der Waals surface area contributed by atoms with E-state index in [0.29, 0.717) is 18.5 Å². The first kappa shape index (κ1) is 30.0. The molecule has 0 spiro atoms. The number of likely N-dealkylation sites (tertiary alicyclic amines) is 1. The molecule has 2 fully saturated rings. The van der Waals surface area contributed by atoms with Crippen LogP contribution in [0.4, 0.5) is 4.79 Å². The maximum Gasteiger partial charge on any atom is 0.413 e. The fourth-order valence-electron chi connectivity index (χ4n) is 5.84. The van der Waals surface area contributed by atoms with Gasteiger partial charge in [-0.3, -0.25) is 30.1 Å². The number of carboxylic acids is 1. The number of alkyl carbamates (subject to hydrolysis) is 1. The van der Waals surface area contributed by atoms with Crippen LogP contribution in [0.3, 0.4) is 0 Å². The molecule has 3 amide bonds. The molecule has 0 aromatic carbocycles. The summed E-state index contributed by atoms with van der Waals surface area (Å²) in [6, 6.07) is 3.17. The van der Waals surface area contributed by atoms with Gasteiger partial charge in [-0.25, -0.2) is 4.79 Å². The van der Waals surface area contributed by atoms with Crippen LogP contribution in [0, 0.1) is 17.2 Å². The molecule has 214 valence electrons. The van der Waals surface area contributed by atoms with Crippen molar-refractivity contribution in [3.63, 3.8) is 0 Å². The summed E-state index contributed by atoms with van der Waals surface area (Å²) in [5.74, 6) is -2.45. The fourth-order valence-corrected chi connectivity index (χ4v) is 5.84. The summed E-state index contributed by atoms with van der Waals surface area (Å²) >= 11 is 0. The van der Waals surface area contributed by atoms with E-state index in [2.05, 4.69) is 15.6 Å². The van der Waals surface area contributed by atoms with Gasteiger partial charge in [0.15, 0.2) is 5.84 Å². The predicted octanol–water partition coefficient (Wildman–Crippen LogP) is 2.15. The van der Waals surface area contributed by atoms with Crippen LogP contribution in [-0.4, -0.2) is 68.9 Å². The largest absolute Gasteiger partial charge is 0.481 e. The maximum atomic E-state index is 13.8. The molecular formula is C27H40N6O6. The second-order valence-electron chi connectivity index (χ2n) is 11.3. The molecule has 39 heavy (non-hydrogen) atoms. The second-order valence-corrected chi connectivity index (χ2v) is 11.3. The standard InChI is InChI=1S/C27H40N6O6/c1-26(2,3)39-25(38)32-23(29)20-10-9-17(15-30-20)16-31-24(37)27(13-22(35)36)19(18-7-5-4-6-8-18)11-12-33(27)21(34)14-28/h9-10,15,18-19H,4-8,11-14,16,28H2,1-3H3,(H,31,37)(H,35,36)(H2,29,32,38)/t19?,27-/m0/s1. The van der Waals surface area contributed by atoms with Gasteiger partial charge < -0.3 is 25.8 Å². The van der Waals surface area contributed by atoms with Crippen molar-refractivity contribution in [2.45, 2.75) is 83.4 Å². The van der Waals surface area contributed by atoms with Crippen molar-refractivity contribution in [1.29, 1.82) is 5.41 Å². The zero-order valence-electron chi connectivity index (χ0n) is 22.9. The normalized spacial score (nSPS) is 21.7. The second kappa shape index (κ2) is 12.5. The molecule has 12 heteroatoms. The van der Waals surface area contributed by atoms with Gasteiger partial charge in [-0.1, -0.05) is 38.2 Å². The lowest BCUT2D eigenvalue weighted by Crippen LogP contribution is -2.63. The van der Waals surface area contributed by atoms with Crippen LogP contribution in [0.2, 0.25) is 0 Å². The number of nitrogens with two attached hydrogens (primary N) is 1. The maximum absolute atomic E-state index is 13.8. The molecule has 0 radical (unpaired) electrons. The number of rotatable bonds is 8. The van der Waals surface area contributed by atoms with Gasteiger partial charge in [0.05, 0.1) is 13.0 Å². The highest BCUT2D eigenvalue weighted by Crippen LogP contribution is 2.47. The Morgan fingerprint density at radius 2 is 1.87 bits per heavy atom. The molecule has 1 aromatic rings. The van der Waals surface area contributed by atoms with E-state index in [4.69, 9.17) is 15.9 Å². The minimum absolute atomic E-state index is 0.0440. The zero-order valence-corrected chi connectivity index (χ0v) is 22.9. The van der Waals surface area contributed by atoms with Crippen LogP contribution in [0.5, 0.6) is 0 Å². The Morgan fingerprint density at radius 1 is 1.18 bits per heavy atom. The fraction of sp³-hybridized carbons (Fsp3) is 0.630. The molecule has 1 aromatic heterocycles. The number of carboxylic acid groups (broad SMARTS) is 1. The third-order valence-corrected chi connectivity index (χ3v) is 7.43. The van der Waals surface area contributed by atoms with E-state index in [1.807, 2.05) is 0 Å². The highest BCUT2D eigenvalue weighted by atomic mass is 16.6. The first-order valence-electron chi connectivity index (χ1n) is 13.4. The van der Waals surface area contributed by atoms with Crippen molar-refractivity contribution >= 4 is 29.7 Å². The lowest BCUT2D eigenvalue weighted by Gasteiger charge is -2.43. The Bertz CT molecular complexity index is 1080. The number of ether oxygens (including phenoxy) is 1. The number of amides is 3. The molecule has 1 saturated heterocycles. The van der Waals surface area contributed by atoms with E-state index in [9.17, 15) is 24.3 Å². The van der Waals surface area contributed by atoms with Gasteiger partial charge in [-0.2, -0.15) is 0 Å². The summed E-state index contributed by atoms with van der Waals surface area (Å²) in [6.07, 6.45) is 5.71. The van der Waals surface area contributed by atoms with Crippen LogP contribution in [0.15, 0.2) is 18.3 Å². The summed E-state index contributed by atoms with van der Waals surface area (Å²) in [6.45, 7) is 5.18. The van der Waals surface area contributed by atoms with E-state index < -0.39 is 41.4 Å². The number of aromatic nitrogens is 1. The first-order chi connectivity index (χ1) is 18.4. The van der Waals surface area contributed by atoms with Gasteiger partial charge in [-0.15, -0.1) is 0 Å². The molecule has 12 nitrogen and oxygen atoms in total. The van der Waals surface area contributed by atoms with E-state index in [-0.39, 0.29) is 36.5 Å². The molecule has 1 saturated carbocycles. The number of hydrogen-bond acceptors (Lipinski definition) is 8. The molecule has 2 atom stereocenters. The summed E-state index contributed by atoms with van der Waals surface area (Å²) in [4.78, 5) is 56.2. The molecule has 2 heterocycles. The molecular weight excluding hydrogens is 504 g/mol. The van der Waals surface area contributed by atoms with Gasteiger partial charge in [0.2, 0.25) is 11.8 Å². The van der Waals surface area contributed by atoms with Crippen LogP contribution in [0.1, 0.15) is 77.0 Å². The van der Waals surface area contributed by atoms with Crippen molar-refractivity contribution in [3.05, 3.63) is 29.6 Å². The number of nitrogens with zero attached hydrogens (tertiary/aromatic N) is 2. The third-order valence-electron chi connectivity index (χ3n) is 7.43. The SMILES string of the molecule is CC(C)(C)OC(=O)NC(=N)c1ccc(CNC(=O)[C@]2(CC(=O)O)C(C3CCCCC3)CCN2C(=O)CN)cn1. The van der Waals surface area contributed by atoms with E-state index in [1.54, 1.807) is 26.8 Å². The Balaban J connectivity index is 1.76. The Hall–Kier alpha value is -3.54. The highest BCUT2D eigenvalue weighted by Gasteiger charge is 2.58. The lowest BCUT2D eigenvalue weighted by molar-refractivity contribution is -0.154. The van der Waals surface area contributed by atoms with Crippen molar-refractivity contribution in [3.8, 4) is 0 Å². The monoisotopic (exact) mass is 544 g/mol. The van der Waals surface area contributed by atoms with E-state index >= 15 is 0 Å². The number of aliphatic carboxylic acids is 1. The van der Waals surface area contributed by atoms with Gasteiger partial charge in [0.1, 0.15) is 16.8 Å². The van der Waals surface area contributed by atoms with E-state index in [1.165, 1.54) is 17.2 Å². The van der Waals surface area contributed by atoms with Crippen LogP contribution in [-0.2, 0) is 25.7 Å². The molecule has 1 aliphatic heterocycles. The highest BCUT2D eigenvalue weighted by molar-refractivity contribution is 6.03. The number of carbonyl (C=O) groups is 4. The van der Waals surface area contributed by atoms with Gasteiger partial charge >= 0.3 is 12.1 Å². The Kier molecular flexibility index (Phi) is 9.65. The first-order valence-corrected chi connectivity index (χ1v) is 13.4. The number of nitrogens with one attached hydrogen (secondary N) is 3. The average molecular weight is 545 g/mol. The van der Waals surface area contributed by atoms with Gasteiger partial charge in [-0.05, 0) is 50.7 Å². The van der Waals surface area contributed by atoms with Gasteiger partial charge in [0, 0.05) is 19.3 Å². The quantitative estimate of drug-likeness (QED) is 0.243. The van der Waals surface area contributed by atoms with Crippen LogP contribution < -0.4 is 16.4 Å². The molecule has 2 aliphatic rings. The van der Waals surface area contributed by atoms with Crippen LogP contribution >= 0.6 is 0 Å². The molecule has 6 N–H and O–H groups in total. The minimum atomic E-state index is -1.52. The Labute approximate surface area is 228 Å². The minimum Gasteiger partial charge on any atom is -0.481 e. The summed E-state index contributed by atoms with van der Waals surface area (Å²) in [5, 5.41) is 23.1. The predicted molar refractivity (Wildman–Crippen MR) is 143 cm³/mol. The average Bonchev–Trinajstić information content (AvgIpc) is 3.25. The third kappa shape index (κ3) is 7.31. The zero-order chi connectivity index (χ0) is 28.8. The van der Waals surface area contributed by atoms with Crippen molar-refractivity contribution in [2.75, 3.05) is 13.1 Å². The topological polar surface area (TPSA) is 188 Å². The summed E-state index contributed by atoms with van der Waals surface area (Å²) < 4.78 is 5.15. The summed E-state index contributed by atoms with van der Waals surface area (Å²) in [5.41, 5.74) is 4.24. The molecule has 1 unspecified atom stereocenters.